The topological polar surface area (TPSA) is 63.6 Å². The van der Waals surface area contributed by atoms with Crippen molar-refractivity contribution in [3.63, 3.8) is 0 Å². The first-order valence-electron chi connectivity index (χ1n) is 3.82. The molecule has 1 N–H and O–H groups in total. The van der Waals surface area contributed by atoms with Gasteiger partial charge in [0, 0.05) is 17.4 Å². The van der Waals surface area contributed by atoms with E-state index in [1.807, 2.05) is 6.92 Å². The second kappa shape index (κ2) is 4.00. The van der Waals surface area contributed by atoms with Gasteiger partial charge in [0.1, 0.15) is 5.75 Å². The Morgan fingerprint density at radius 2 is 2.42 bits per heavy atom. The first-order valence-corrected chi connectivity index (χ1v) is 5.20. The summed E-state index contributed by atoms with van der Waals surface area (Å²) in [5, 5.41) is 8.30. The lowest BCUT2D eigenvalue weighted by Crippen LogP contribution is -2.27. The van der Waals surface area contributed by atoms with E-state index in [9.17, 15) is 9.00 Å². The van der Waals surface area contributed by atoms with Crippen LogP contribution in [-0.2, 0) is 20.3 Å². The highest BCUT2D eigenvalue weighted by Crippen LogP contribution is 2.18. The predicted molar refractivity (Wildman–Crippen MR) is 44.5 cm³/mol. The van der Waals surface area contributed by atoms with Crippen molar-refractivity contribution in [3.05, 3.63) is 0 Å². The molecule has 0 aromatic carbocycles. The van der Waals surface area contributed by atoms with Crippen LogP contribution in [0.1, 0.15) is 13.3 Å². The van der Waals surface area contributed by atoms with Crippen molar-refractivity contribution < 1.29 is 18.8 Å². The molecule has 4 nitrogen and oxygen atoms in total. The van der Waals surface area contributed by atoms with E-state index in [-0.39, 0.29) is 17.1 Å². The van der Waals surface area contributed by atoms with Crippen LogP contribution < -0.4 is 0 Å². The Bertz CT molecular complexity index is 204. The summed E-state index contributed by atoms with van der Waals surface area (Å²) in [6, 6.07) is 0. The van der Waals surface area contributed by atoms with Gasteiger partial charge in [0.25, 0.3) is 0 Å². The lowest BCUT2D eigenvalue weighted by Gasteiger charge is -2.11. The van der Waals surface area contributed by atoms with E-state index in [2.05, 4.69) is 0 Å². The summed E-state index contributed by atoms with van der Waals surface area (Å²) >= 11 is 0. The smallest absolute Gasteiger partial charge is 0.316 e. The molecular formula is C7H12O4S. The second-order valence-corrected chi connectivity index (χ2v) is 4.48. The minimum absolute atomic E-state index is 0.0646. The van der Waals surface area contributed by atoms with E-state index in [4.69, 9.17) is 9.84 Å². The standard InChI is InChI=1S/C7H12O4S/c1-5-6(2-3-11-5)12(10)4-7(8)9/h5-6H,2-4H2,1H3,(H,8,9). The fraction of sp³-hybridized carbons (Fsp3) is 0.857. The van der Waals surface area contributed by atoms with Crippen molar-refractivity contribution in [2.75, 3.05) is 12.4 Å². The van der Waals surface area contributed by atoms with Gasteiger partial charge in [0.2, 0.25) is 0 Å². The van der Waals surface area contributed by atoms with E-state index in [1.54, 1.807) is 0 Å². The molecule has 0 radical (unpaired) electrons. The van der Waals surface area contributed by atoms with Gasteiger partial charge >= 0.3 is 5.97 Å². The predicted octanol–water partition coefficient (Wildman–Crippen LogP) is -0.00290. The molecule has 1 saturated heterocycles. The molecule has 1 heterocycles. The molecule has 12 heavy (non-hydrogen) atoms. The lowest BCUT2D eigenvalue weighted by atomic mass is 10.3. The van der Waals surface area contributed by atoms with Crippen LogP contribution in [0, 0.1) is 0 Å². The Labute approximate surface area is 73.4 Å². The third kappa shape index (κ3) is 2.28. The Hall–Kier alpha value is -0.420. The summed E-state index contributed by atoms with van der Waals surface area (Å²) in [6.07, 6.45) is 0.645. The fourth-order valence-electron chi connectivity index (χ4n) is 1.29. The molecule has 0 aliphatic carbocycles. The summed E-state index contributed by atoms with van der Waals surface area (Å²) in [4.78, 5) is 10.2. The Kier molecular flexibility index (Phi) is 3.22. The molecule has 0 saturated carbocycles. The van der Waals surface area contributed by atoms with Crippen LogP contribution in [0.15, 0.2) is 0 Å². The summed E-state index contributed by atoms with van der Waals surface area (Å²) < 4.78 is 16.5. The highest BCUT2D eigenvalue weighted by Gasteiger charge is 2.30. The maximum atomic E-state index is 11.3. The number of hydrogen-bond donors (Lipinski definition) is 1. The largest absolute Gasteiger partial charge is 0.481 e. The van der Waals surface area contributed by atoms with E-state index >= 15 is 0 Å². The number of rotatable bonds is 3. The average Bonchev–Trinajstić information content (AvgIpc) is 2.33. The molecular weight excluding hydrogens is 180 g/mol. The summed E-state index contributed by atoms with van der Waals surface area (Å²) in [7, 11) is -1.28. The number of carbonyl (C=O) groups is 1. The molecule has 3 atom stereocenters. The van der Waals surface area contributed by atoms with Crippen LogP contribution in [0.2, 0.25) is 0 Å². The molecule has 0 aromatic heterocycles. The van der Waals surface area contributed by atoms with Gasteiger partial charge < -0.3 is 9.84 Å². The maximum Gasteiger partial charge on any atom is 0.316 e. The molecule has 3 unspecified atom stereocenters. The number of carboxylic acids is 1. The lowest BCUT2D eigenvalue weighted by molar-refractivity contribution is -0.133. The quantitative estimate of drug-likeness (QED) is 0.683. The van der Waals surface area contributed by atoms with Crippen LogP contribution in [0.3, 0.4) is 0 Å². The zero-order chi connectivity index (χ0) is 9.14. The van der Waals surface area contributed by atoms with Crippen LogP contribution in [0.5, 0.6) is 0 Å². The number of hydrogen-bond acceptors (Lipinski definition) is 3. The van der Waals surface area contributed by atoms with Gasteiger partial charge in [0.05, 0.1) is 11.4 Å². The van der Waals surface area contributed by atoms with Crippen molar-refractivity contribution in [1.29, 1.82) is 0 Å². The van der Waals surface area contributed by atoms with E-state index < -0.39 is 16.8 Å². The van der Waals surface area contributed by atoms with Gasteiger partial charge in [-0.1, -0.05) is 0 Å². The molecule has 0 amide bonds. The van der Waals surface area contributed by atoms with E-state index in [0.717, 1.165) is 0 Å². The molecule has 70 valence electrons. The highest BCUT2D eigenvalue weighted by molar-refractivity contribution is 7.86. The number of carboxylic acid groups (broad SMARTS) is 1. The van der Waals surface area contributed by atoms with Gasteiger partial charge in [-0.15, -0.1) is 0 Å². The minimum atomic E-state index is -1.28. The van der Waals surface area contributed by atoms with Crippen molar-refractivity contribution in [3.8, 4) is 0 Å². The summed E-state index contributed by atoms with van der Waals surface area (Å²) in [5.41, 5.74) is 0. The SMILES string of the molecule is CC1OCCC1S(=O)CC(=O)O. The summed E-state index contributed by atoms with van der Waals surface area (Å²) in [6.45, 7) is 2.43. The highest BCUT2D eigenvalue weighted by atomic mass is 32.2. The van der Waals surface area contributed by atoms with Crippen molar-refractivity contribution in [2.24, 2.45) is 0 Å². The summed E-state index contributed by atoms with van der Waals surface area (Å²) in [5.74, 6) is -1.27. The normalized spacial score (nSPS) is 31.8. The van der Waals surface area contributed by atoms with Crippen LogP contribution in [0.4, 0.5) is 0 Å². The number of aliphatic carboxylic acids is 1. The molecule has 0 bridgehead atoms. The molecule has 1 fully saturated rings. The first-order chi connectivity index (χ1) is 5.61. The molecule has 5 heteroatoms. The average molecular weight is 192 g/mol. The van der Waals surface area contributed by atoms with Crippen LogP contribution >= 0.6 is 0 Å². The molecule has 1 aliphatic rings. The van der Waals surface area contributed by atoms with E-state index in [0.29, 0.717) is 13.0 Å². The van der Waals surface area contributed by atoms with Gasteiger partial charge in [-0.25, -0.2) is 0 Å². The van der Waals surface area contributed by atoms with Crippen molar-refractivity contribution in [2.45, 2.75) is 24.7 Å². The number of ether oxygens (including phenoxy) is 1. The monoisotopic (exact) mass is 192 g/mol. The minimum Gasteiger partial charge on any atom is -0.481 e. The third-order valence-corrected chi connectivity index (χ3v) is 3.74. The van der Waals surface area contributed by atoms with Crippen LogP contribution in [0.25, 0.3) is 0 Å². The van der Waals surface area contributed by atoms with Gasteiger partial charge in [-0.05, 0) is 13.3 Å². The third-order valence-electron chi connectivity index (χ3n) is 1.91. The van der Waals surface area contributed by atoms with E-state index in [1.165, 1.54) is 0 Å². The van der Waals surface area contributed by atoms with Gasteiger partial charge in [0.15, 0.2) is 0 Å². The van der Waals surface area contributed by atoms with Crippen molar-refractivity contribution >= 4 is 16.8 Å². The second-order valence-electron chi connectivity index (χ2n) is 2.82. The Morgan fingerprint density at radius 1 is 1.75 bits per heavy atom. The Balaban J connectivity index is 2.46. The van der Waals surface area contributed by atoms with Crippen molar-refractivity contribution in [1.82, 2.24) is 0 Å². The van der Waals surface area contributed by atoms with Gasteiger partial charge in [-0.3, -0.25) is 9.00 Å². The maximum absolute atomic E-state index is 11.3. The zero-order valence-corrected chi connectivity index (χ0v) is 7.67. The first kappa shape index (κ1) is 9.67. The molecule has 1 aliphatic heterocycles. The molecule has 0 spiro atoms. The molecule has 0 aromatic rings. The molecule has 1 rings (SSSR count). The Morgan fingerprint density at radius 3 is 2.83 bits per heavy atom. The van der Waals surface area contributed by atoms with Gasteiger partial charge in [-0.2, -0.15) is 0 Å². The van der Waals surface area contributed by atoms with Crippen LogP contribution in [-0.4, -0.2) is 39.0 Å². The fourth-order valence-corrected chi connectivity index (χ4v) is 2.61. The zero-order valence-electron chi connectivity index (χ0n) is 6.86.